The van der Waals surface area contributed by atoms with Crippen molar-refractivity contribution in [2.75, 3.05) is 51.8 Å². The molecule has 1 N–H and O–H groups in total. The van der Waals surface area contributed by atoms with Crippen LogP contribution in [0, 0.1) is 0 Å². The lowest BCUT2D eigenvalue weighted by Crippen LogP contribution is -2.47. The molecule has 0 aliphatic carbocycles. The molecule has 5 rings (SSSR count). The molecule has 1 fully saturated rings. The molecule has 2 aliphatic heterocycles. The summed E-state index contributed by atoms with van der Waals surface area (Å²) in [5.41, 5.74) is 3.75. The molecule has 0 radical (unpaired) electrons. The number of imide groups is 1. The van der Waals surface area contributed by atoms with Gasteiger partial charge in [-0.25, -0.2) is 0 Å². The largest absolute Gasteiger partial charge is 0.493 e. The van der Waals surface area contributed by atoms with Gasteiger partial charge in [0.25, 0.3) is 11.8 Å². The Labute approximate surface area is 259 Å². The van der Waals surface area contributed by atoms with Crippen LogP contribution in [0.4, 0.5) is 5.69 Å². The first-order valence-corrected chi connectivity index (χ1v) is 15.4. The third-order valence-electron chi connectivity index (χ3n) is 8.81. The third kappa shape index (κ3) is 6.28. The zero-order valence-electron chi connectivity index (χ0n) is 26.0. The van der Waals surface area contributed by atoms with Crippen LogP contribution in [0.5, 0.6) is 11.5 Å². The van der Waals surface area contributed by atoms with Gasteiger partial charge >= 0.3 is 0 Å². The van der Waals surface area contributed by atoms with E-state index in [1.807, 2.05) is 37.3 Å². The first kappa shape index (κ1) is 31.1. The molecule has 44 heavy (non-hydrogen) atoms. The van der Waals surface area contributed by atoms with E-state index in [4.69, 9.17) is 9.47 Å². The van der Waals surface area contributed by atoms with Crippen molar-refractivity contribution < 1.29 is 23.9 Å². The number of benzene rings is 3. The lowest BCUT2D eigenvalue weighted by Gasteiger charge is -2.39. The number of methoxy groups -OCH3 is 2. The molecule has 9 heteroatoms. The SMILES string of the molecule is CCC(=O)NCCCC(c1ccc(OC)c(OC)c1)N1C(=O)c2cccc(N3CCN([C@H](C)c4ccccc4)CC3)c2C1=O. The number of hydrogen-bond donors (Lipinski definition) is 1. The summed E-state index contributed by atoms with van der Waals surface area (Å²) in [4.78, 5) is 46.1. The first-order valence-electron chi connectivity index (χ1n) is 15.4. The number of anilines is 1. The fraction of sp³-hybridized carbons (Fsp3) is 0.400. The maximum Gasteiger partial charge on any atom is 0.264 e. The van der Waals surface area contributed by atoms with Gasteiger partial charge in [-0.1, -0.05) is 49.4 Å². The van der Waals surface area contributed by atoms with Crippen molar-refractivity contribution in [2.24, 2.45) is 0 Å². The van der Waals surface area contributed by atoms with Gasteiger partial charge < -0.3 is 19.7 Å². The summed E-state index contributed by atoms with van der Waals surface area (Å²) < 4.78 is 11.0. The van der Waals surface area contributed by atoms with Crippen LogP contribution in [0.2, 0.25) is 0 Å². The summed E-state index contributed by atoms with van der Waals surface area (Å²) in [7, 11) is 3.13. The molecular weight excluding hydrogens is 556 g/mol. The number of hydrogen-bond acceptors (Lipinski definition) is 7. The van der Waals surface area contributed by atoms with Gasteiger partial charge in [-0.05, 0) is 55.2 Å². The van der Waals surface area contributed by atoms with E-state index in [1.165, 1.54) is 10.5 Å². The Morgan fingerprint density at radius 1 is 0.864 bits per heavy atom. The highest BCUT2D eigenvalue weighted by atomic mass is 16.5. The van der Waals surface area contributed by atoms with Crippen molar-refractivity contribution in [3.05, 3.63) is 89.0 Å². The average Bonchev–Trinajstić information content (AvgIpc) is 3.33. The van der Waals surface area contributed by atoms with E-state index in [2.05, 4.69) is 46.3 Å². The molecule has 2 aliphatic rings. The van der Waals surface area contributed by atoms with Crippen molar-refractivity contribution in [1.82, 2.24) is 15.1 Å². The Morgan fingerprint density at radius 3 is 2.27 bits per heavy atom. The standard InChI is InChI=1S/C35H42N4O5/c1-5-32(40)36-18-10-15-28(26-16-17-30(43-3)31(23-26)44-4)39-34(41)27-13-9-14-29(33(27)35(39)42)38-21-19-37(20-22-38)24(2)25-11-7-6-8-12-25/h6-9,11-14,16-17,23-24,28H,5,10,15,18-22H2,1-4H3,(H,36,40)/t24-,28?/m1/s1. The number of piperazine rings is 1. The lowest BCUT2D eigenvalue weighted by molar-refractivity contribution is -0.120. The zero-order chi connectivity index (χ0) is 31.2. The van der Waals surface area contributed by atoms with Gasteiger partial charge in [0.1, 0.15) is 0 Å². The summed E-state index contributed by atoms with van der Waals surface area (Å²) >= 11 is 0. The number of nitrogens with one attached hydrogen (secondary N) is 1. The Hall–Kier alpha value is -4.37. The molecule has 1 saturated heterocycles. The van der Waals surface area contributed by atoms with E-state index in [9.17, 15) is 14.4 Å². The first-order chi connectivity index (χ1) is 21.4. The van der Waals surface area contributed by atoms with Gasteiger partial charge in [0, 0.05) is 45.2 Å². The van der Waals surface area contributed by atoms with Gasteiger partial charge in [-0.2, -0.15) is 0 Å². The second kappa shape index (κ2) is 13.9. The Bertz CT molecular complexity index is 1490. The molecule has 0 spiro atoms. The second-order valence-corrected chi connectivity index (χ2v) is 11.3. The van der Waals surface area contributed by atoms with Gasteiger partial charge in [-0.15, -0.1) is 0 Å². The molecule has 1 unspecified atom stereocenters. The highest BCUT2D eigenvalue weighted by molar-refractivity contribution is 6.24. The minimum absolute atomic E-state index is 0.0312. The highest BCUT2D eigenvalue weighted by Crippen LogP contribution is 2.40. The minimum atomic E-state index is -0.544. The van der Waals surface area contributed by atoms with Gasteiger partial charge in [0.05, 0.1) is 37.1 Å². The number of rotatable bonds is 12. The fourth-order valence-corrected chi connectivity index (χ4v) is 6.28. The Morgan fingerprint density at radius 2 is 1.59 bits per heavy atom. The van der Waals surface area contributed by atoms with Gasteiger partial charge in [-0.3, -0.25) is 24.2 Å². The number of carbonyl (C=O) groups is 3. The monoisotopic (exact) mass is 598 g/mol. The average molecular weight is 599 g/mol. The van der Waals surface area contributed by atoms with Crippen LogP contribution in [-0.2, 0) is 4.79 Å². The molecule has 2 atom stereocenters. The van der Waals surface area contributed by atoms with Crippen LogP contribution in [0.25, 0.3) is 0 Å². The Balaban J connectivity index is 1.39. The third-order valence-corrected chi connectivity index (χ3v) is 8.81. The van der Waals surface area contributed by atoms with Gasteiger partial charge in [0.15, 0.2) is 11.5 Å². The van der Waals surface area contributed by atoms with Crippen molar-refractivity contribution in [3.8, 4) is 11.5 Å². The van der Waals surface area contributed by atoms with E-state index in [0.717, 1.165) is 37.4 Å². The number of fused-ring (bicyclic) bond motifs is 1. The van der Waals surface area contributed by atoms with Crippen molar-refractivity contribution in [1.29, 1.82) is 0 Å². The van der Waals surface area contributed by atoms with E-state index in [-0.39, 0.29) is 17.7 Å². The number of amides is 3. The maximum absolute atomic E-state index is 14.3. The molecule has 0 bridgehead atoms. The zero-order valence-corrected chi connectivity index (χ0v) is 26.0. The lowest BCUT2D eigenvalue weighted by atomic mass is 9.99. The molecule has 0 saturated carbocycles. The molecule has 232 valence electrons. The van der Waals surface area contributed by atoms with Crippen LogP contribution >= 0.6 is 0 Å². The van der Waals surface area contributed by atoms with E-state index in [0.29, 0.717) is 54.5 Å². The molecule has 3 aromatic carbocycles. The predicted octanol–water partition coefficient (Wildman–Crippen LogP) is 5.23. The van der Waals surface area contributed by atoms with Crippen LogP contribution in [0.15, 0.2) is 66.7 Å². The summed E-state index contributed by atoms with van der Waals surface area (Å²) in [5, 5.41) is 2.90. The molecule has 3 amide bonds. The molecule has 3 aromatic rings. The fourth-order valence-electron chi connectivity index (χ4n) is 6.28. The van der Waals surface area contributed by atoms with E-state index >= 15 is 0 Å². The minimum Gasteiger partial charge on any atom is -0.493 e. The normalized spacial score (nSPS) is 16.5. The molecule has 0 aromatic heterocycles. The number of nitrogens with zero attached hydrogens (tertiary/aromatic N) is 3. The summed E-state index contributed by atoms with van der Waals surface area (Å²) in [6.07, 6.45) is 1.47. The summed E-state index contributed by atoms with van der Waals surface area (Å²) in [6.45, 7) is 7.70. The van der Waals surface area contributed by atoms with Crippen molar-refractivity contribution in [2.45, 2.75) is 45.2 Å². The smallest absolute Gasteiger partial charge is 0.264 e. The Kier molecular flexibility index (Phi) is 9.85. The van der Waals surface area contributed by atoms with Gasteiger partial charge in [0.2, 0.25) is 5.91 Å². The number of carbonyl (C=O) groups excluding carboxylic acids is 3. The second-order valence-electron chi connectivity index (χ2n) is 11.3. The number of ether oxygens (including phenoxy) is 2. The van der Waals surface area contributed by atoms with Crippen LogP contribution < -0.4 is 19.7 Å². The van der Waals surface area contributed by atoms with Crippen molar-refractivity contribution in [3.63, 3.8) is 0 Å². The summed E-state index contributed by atoms with van der Waals surface area (Å²) in [5.74, 6) is 0.458. The van der Waals surface area contributed by atoms with Crippen LogP contribution in [-0.4, -0.2) is 74.5 Å². The van der Waals surface area contributed by atoms with Crippen LogP contribution in [0.3, 0.4) is 0 Å². The van der Waals surface area contributed by atoms with Crippen LogP contribution in [0.1, 0.15) is 77.0 Å². The quantitative estimate of drug-likeness (QED) is 0.226. The molecular formula is C35H42N4O5. The summed E-state index contributed by atoms with van der Waals surface area (Å²) in [6, 6.07) is 21.3. The maximum atomic E-state index is 14.3. The highest BCUT2D eigenvalue weighted by Gasteiger charge is 2.43. The predicted molar refractivity (Wildman–Crippen MR) is 170 cm³/mol. The van der Waals surface area contributed by atoms with Crippen molar-refractivity contribution >= 4 is 23.4 Å². The molecule has 2 heterocycles. The van der Waals surface area contributed by atoms with E-state index in [1.54, 1.807) is 26.4 Å². The van der Waals surface area contributed by atoms with E-state index < -0.39 is 6.04 Å². The molecule has 9 nitrogen and oxygen atoms in total. The topological polar surface area (TPSA) is 91.4 Å².